The van der Waals surface area contributed by atoms with E-state index in [4.69, 9.17) is 28.2 Å². The van der Waals surface area contributed by atoms with E-state index < -0.39 is 12.0 Å². The predicted octanol–water partition coefficient (Wildman–Crippen LogP) is 6.00. The van der Waals surface area contributed by atoms with E-state index in [0.29, 0.717) is 33.8 Å². The van der Waals surface area contributed by atoms with Crippen LogP contribution in [-0.2, 0) is 4.79 Å². The molecule has 1 aliphatic rings. The summed E-state index contributed by atoms with van der Waals surface area (Å²) >= 11 is 12.1. The molecule has 1 amide bonds. The molecule has 3 N–H and O–H groups in total. The van der Waals surface area contributed by atoms with Crippen LogP contribution in [0.4, 0.5) is 5.69 Å². The topological polar surface area (TPSA) is 108 Å². The zero-order chi connectivity index (χ0) is 27.5. The van der Waals surface area contributed by atoms with E-state index >= 15 is 0 Å². The summed E-state index contributed by atoms with van der Waals surface area (Å²) in [7, 11) is 0. The standard InChI is InChI=1S/C29H25ClN4O4S/c1-17-5-4-6-19(15-17)32-25(35)12-14-34-27(26(33-29(34)39)22-7-2-3-13-31-22)24-11-10-23(38-24)20-16-18(28(36)37)8-9-21(20)30/h2-11,13,15-16,26-27H,12,14H2,1H3,(H,32,35)(H,33,39)(H,36,37). The number of nitrogens with zero attached hydrogens (tertiary/aromatic N) is 2. The second-order valence-corrected chi connectivity index (χ2v) is 9.98. The van der Waals surface area contributed by atoms with Crippen LogP contribution in [0.5, 0.6) is 0 Å². The van der Waals surface area contributed by atoms with Crippen LogP contribution in [0, 0.1) is 6.92 Å². The van der Waals surface area contributed by atoms with Gasteiger partial charge in [-0.1, -0.05) is 29.8 Å². The van der Waals surface area contributed by atoms with Crippen molar-refractivity contribution >= 4 is 46.5 Å². The van der Waals surface area contributed by atoms with E-state index in [0.717, 1.165) is 16.9 Å². The van der Waals surface area contributed by atoms with Crippen LogP contribution in [0.25, 0.3) is 11.3 Å². The van der Waals surface area contributed by atoms with E-state index in [1.54, 1.807) is 12.3 Å². The highest BCUT2D eigenvalue weighted by atomic mass is 35.5. The smallest absolute Gasteiger partial charge is 0.335 e. The molecule has 2 aromatic heterocycles. The number of hydrogen-bond acceptors (Lipinski definition) is 5. The molecular weight excluding hydrogens is 536 g/mol. The van der Waals surface area contributed by atoms with E-state index in [9.17, 15) is 14.7 Å². The van der Waals surface area contributed by atoms with Gasteiger partial charge in [-0.3, -0.25) is 9.78 Å². The lowest BCUT2D eigenvalue weighted by molar-refractivity contribution is -0.116. The molecule has 2 aromatic carbocycles. The Labute approximate surface area is 235 Å². The molecule has 10 heteroatoms. The number of nitrogens with one attached hydrogen (secondary N) is 2. The Morgan fingerprint density at radius 2 is 1.97 bits per heavy atom. The Morgan fingerprint density at radius 3 is 2.72 bits per heavy atom. The van der Waals surface area contributed by atoms with E-state index in [1.807, 2.05) is 60.4 Å². The second kappa shape index (κ2) is 11.3. The average Bonchev–Trinajstić information content (AvgIpc) is 3.52. The van der Waals surface area contributed by atoms with Gasteiger partial charge in [0.2, 0.25) is 5.91 Å². The van der Waals surface area contributed by atoms with Crippen LogP contribution in [0.15, 0.2) is 83.4 Å². The summed E-state index contributed by atoms with van der Waals surface area (Å²) in [6, 6.07) is 20.5. The summed E-state index contributed by atoms with van der Waals surface area (Å²) in [6.07, 6.45) is 1.90. The number of carboxylic acids is 1. The number of benzene rings is 2. The molecule has 39 heavy (non-hydrogen) atoms. The largest absolute Gasteiger partial charge is 0.478 e. The molecule has 1 saturated heterocycles. The van der Waals surface area contributed by atoms with Gasteiger partial charge in [0.05, 0.1) is 22.3 Å². The molecule has 0 aliphatic carbocycles. The molecule has 0 saturated carbocycles. The van der Waals surface area contributed by atoms with Gasteiger partial charge in [0, 0.05) is 30.4 Å². The number of aryl methyl sites for hydroxylation is 1. The van der Waals surface area contributed by atoms with Crippen LogP contribution in [-0.4, -0.2) is 38.5 Å². The van der Waals surface area contributed by atoms with Gasteiger partial charge in [-0.05, 0) is 79.3 Å². The summed E-state index contributed by atoms with van der Waals surface area (Å²) in [5.41, 5.74) is 3.12. The maximum atomic E-state index is 12.8. The van der Waals surface area contributed by atoms with E-state index in [1.165, 1.54) is 18.2 Å². The SMILES string of the molecule is Cc1cccc(NC(=O)CCN2C(=S)NC(c3ccccn3)C2c2ccc(-c3cc(C(=O)O)ccc3Cl)o2)c1. The average molecular weight is 561 g/mol. The molecule has 8 nitrogen and oxygen atoms in total. The molecule has 4 aromatic rings. The number of carboxylic acid groups (broad SMARTS) is 1. The summed E-state index contributed by atoms with van der Waals surface area (Å²) in [5, 5.41) is 16.5. The Kier molecular flexibility index (Phi) is 7.63. The fourth-order valence-electron chi connectivity index (χ4n) is 4.63. The number of halogens is 1. The predicted molar refractivity (Wildman–Crippen MR) is 153 cm³/mol. The highest BCUT2D eigenvalue weighted by Gasteiger charge is 2.41. The quantitative estimate of drug-likeness (QED) is 0.225. The number of pyridine rings is 1. The molecule has 3 heterocycles. The lowest BCUT2D eigenvalue weighted by atomic mass is 10.0. The number of anilines is 1. The van der Waals surface area contributed by atoms with Gasteiger partial charge in [-0.25, -0.2) is 4.79 Å². The first-order valence-corrected chi connectivity index (χ1v) is 13.1. The molecule has 1 fully saturated rings. The number of aromatic carboxylic acids is 1. The number of thiocarbonyl (C=S) groups is 1. The van der Waals surface area contributed by atoms with Gasteiger partial charge in [-0.15, -0.1) is 0 Å². The highest BCUT2D eigenvalue weighted by molar-refractivity contribution is 7.80. The minimum Gasteiger partial charge on any atom is -0.478 e. The first-order valence-electron chi connectivity index (χ1n) is 12.3. The maximum absolute atomic E-state index is 12.8. The summed E-state index contributed by atoms with van der Waals surface area (Å²) in [5.74, 6) is -0.201. The van der Waals surface area contributed by atoms with Gasteiger partial charge < -0.3 is 25.1 Å². The number of carbonyl (C=O) groups is 2. The third-order valence-electron chi connectivity index (χ3n) is 6.48. The van der Waals surface area contributed by atoms with Crippen LogP contribution < -0.4 is 10.6 Å². The Balaban J connectivity index is 1.43. The van der Waals surface area contributed by atoms with Crippen molar-refractivity contribution in [3.8, 4) is 11.3 Å². The first kappa shape index (κ1) is 26.4. The molecule has 198 valence electrons. The molecule has 2 unspecified atom stereocenters. The highest BCUT2D eigenvalue weighted by Crippen LogP contribution is 2.41. The van der Waals surface area contributed by atoms with Gasteiger partial charge in [-0.2, -0.15) is 0 Å². The fourth-order valence-corrected chi connectivity index (χ4v) is 5.17. The molecule has 0 bridgehead atoms. The molecule has 1 aliphatic heterocycles. The lowest BCUT2D eigenvalue weighted by Crippen LogP contribution is -2.32. The van der Waals surface area contributed by atoms with Crippen LogP contribution in [0.3, 0.4) is 0 Å². The van der Waals surface area contributed by atoms with Crippen molar-refractivity contribution in [1.29, 1.82) is 0 Å². The Morgan fingerprint density at radius 1 is 1.13 bits per heavy atom. The summed E-state index contributed by atoms with van der Waals surface area (Å²) in [6.45, 7) is 2.30. The number of rotatable bonds is 8. The minimum absolute atomic E-state index is 0.101. The summed E-state index contributed by atoms with van der Waals surface area (Å²) < 4.78 is 6.27. The van der Waals surface area contributed by atoms with Crippen molar-refractivity contribution < 1.29 is 19.1 Å². The second-order valence-electron chi connectivity index (χ2n) is 9.19. The van der Waals surface area contributed by atoms with Crippen molar-refractivity contribution in [2.45, 2.75) is 25.4 Å². The molecule has 0 radical (unpaired) electrons. The Bertz CT molecular complexity index is 1540. The zero-order valence-electron chi connectivity index (χ0n) is 20.9. The first-order chi connectivity index (χ1) is 18.8. The van der Waals surface area contributed by atoms with Crippen LogP contribution in [0.1, 0.15) is 45.9 Å². The molecular formula is C29H25ClN4O4S. The van der Waals surface area contributed by atoms with E-state index in [-0.39, 0.29) is 23.9 Å². The third-order valence-corrected chi connectivity index (χ3v) is 7.16. The van der Waals surface area contributed by atoms with Gasteiger partial charge >= 0.3 is 5.97 Å². The van der Waals surface area contributed by atoms with Crippen molar-refractivity contribution in [2.24, 2.45) is 0 Å². The minimum atomic E-state index is -1.06. The fraction of sp³-hybridized carbons (Fsp3) is 0.172. The summed E-state index contributed by atoms with van der Waals surface area (Å²) in [4.78, 5) is 30.7. The van der Waals surface area contributed by atoms with Crippen molar-refractivity contribution in [3.05, 3.63) is 107 Å². The van der Waals surface area contributed by atoms with Crippen molar-refractivity contribution in [2.75, 3.05) is 11.9 Å². The number of furan rings is 1. The zero-order valence-corrected chi connectivity index (χ0v) is 22.5. The lowest BCUT2D eigenvalue weighted by Gasteiger charge is -2.25. The van der Waals surface area contributed by atoms with Gasteiger partial charge in [0.1, 0.15) is 17.6 Å². The Hall–Kier alpha value is -4.21. The molecule has 0 spiro atoms. The van der Waals surface area contributed by atoms with Gasteiger partial charge in [0.15, 0.2) is 5.11 Å². The van der Waals surface area contributed by atoms with Gasteiger partial charge in [0.25, 0.3) is 0 Å². The number of amides is 1. The molecule has 5 rings (SSSR count). The normalized spacial score (nSPS) is 16.7. The number of carbonyl (C=O) groups excluding carboxylic acids is 1. The molecule has 2 atom stereocenters. The maximum Gasteiger partial charge on any atom is 0.335 e. The van der Waals surface area contributed by atoms with Crippen LogP contribution >= 0.6 is 23.8 Å². The van der Waals surface area contributed by atoms with Crippen LogP contribution in [0.2, 0.25) is 5.02 Å². The number of aromatic nitrogens is 1. The van der Waals surface area contributed by atoms with E-state index in [2.05, 4.69) is 15.6 Å². The third kappa shape index (κ3) is 5.79. The van der Waals surface area contributed by atoms with Crippen molar-refractivity contribution in [3.63, 3.8) is 0 Å². The monoisotopic (exact) mass is 560 g/mol. The number of hydrogen-bond donors (Lipinski definition) is 3. The van der Waals surface area contributed by atoms with Crippen molar-refractivity contribution in [1.82, 2.24) is 15.2 Å².